The average molecular weight is 694 g/mol. The van der Waals surface area contributed by atoms with Crippen LogP contribution in [0.5, 0.6) is 0 Å². The van der Waals surface area contributed by atoms with Crippen LogP contribution in [-0.2, 0) is 19.1 Å². The van der Waals surface area contributed by atoms with Crippen molar-refractivity contribution in [3.8, 4) is 6.07 Å². The van der Waals surface area contributed by atoms with Gasteiger partial charge in [-0.3, -0.25) is 4.79 Å². The fourth-order valence-electron chi connectivity index (χ4n) is 9.07. The largest absolute Gasteiger partial charge is 0.447 e. The quantitative estimate of drug-likeness (QED) is 0.240. The summed E-state index contributed by atoms with van der Waals surface area (Å²) in [5, 5.41) is 21.0. The number of alkyl halides is 2. The smallest absolute Gasteiger partial charge is 0.352 e. The zero-order chi connectivity index (χ0) is 34.6. The molecule has 3 saturated carbocycles. The summed E-state index contributed by atoms with van der Waals surface area (Å²) in [5.41, 5.74) is -7.22. The maximum atomic E-state index is 17.7. The minimum Gasteiger partial charge on any atom is -0.447 e. The second-order valence-corrected chi connectivity index (χ2v) is 15.7. The number of nitriles is 1. The third kappa shape index (κ3) is 5.05. The number of hydrogen-bond acceptors (Lipinski definition) is 9. The molecule has 0 spiro atoms. The SMILES string of the molecule is CSc1ccc(Sc2ccc(C(=O)O[C@@]3(C(=O)OCC#N)[C@H](C)C[C@H]4[C@@H]5C[C@H](F)C6=CC(=O)C=C[C@]6(C)C5(F)[C@@H](O)C[C@@]43C)cc2)cc1. The number of nitrogens with zero attached hydrogens (tertiary/aromatic N) is 1. The molecule has 2 aromatic rings. The lowest BCUT2D eigenvalue weighted by atomic mass is 9.44. The summed E-state index contributed by atoms with van der Waals surface area (Å²) >= 11 is 3.17. The van der Waals surface area contributed by atoms with Gasteiger partial charge in [0.05, 0.1) is 11.7 Å². The first-order valence-electron chi connectivity index (χ1n) is 15.9. The molecular weight excluding hydrogens is 657 g/mol. The van der Waals surface area contributed by atoms with Crippen LogP contribution in [0.15, 0.2) is 87.0 Å². The molecule has 252 valence electrons. The molecule has 9 atom stereocenters. The Balaban J connectivity index is 1.34. The molecule has 0 aliphatic heterocycles. The van der Waals surface area contributed by atoms with Crippen molar-refractivity contribution in [1.29, 1.82) is 5.26 Å². The monoisotopic (exact) mass is 693 g/mol. The third-order valence-electron chi connectivity index (χ3n) is 11.4. The molecule has 1 N–H and O–H groups in total. The Morgan fingerprint density at radius 3 is 2.29 bits per heavy atom. The van der Waals surface area contributed by atoms with E-state index in [1.54, 1.807) is 55.9 Å². The molecule has 4 aliphatic carbocycles. The first-order chi connectivity index (χ1) is 22.7. The maximum absolute atomic E-state index is 17.7. The van der Waals surface area contributed by atoms with Gasteiger partial charge in [0.25, 0.3) is 0 Å². The Bertz CT molecular complexity index is 1740. The van der Waals surface area contributed by atoms with Crippen LogP contribution in [0, 0.1) is 39.9 Å². The van der Waals surface area contributed by atoms with Crippen molar-refractivity contribution in [2.24, 2.45) is 28.6 Å². The van der Waals surface area contributed by atoms with Crippen molar-refractivity contribution in [3.63, 3.8) is 0 Å². The summed E-state index contributed by atoms with van der Waals surface area (Å²) in [7, 11) is 0. The molecular formula is C37H37F2NO6S2. The fraction of sp³-hybridized carbons (Fsp3) is 0.459. The van der Waals surface area contributed by atoms with Crippen molar-refractivity contribution in [2.75, 3.05) is 12.9 Å². The van der Waals surface area contributed by atoms with E-state index in [1.165, 1.54) is 30.8 Å². The number of fused-ring (bicyclic) bond motifs is 5. The van der Waals surface area contributed by atoms with E-state index in [9.17, 15) is 24.8 Å². The van der Waals surface area contributed by atoms with E-state index >= 15 is 8.78 Å². The second-order valence-electron chi connectivity index (χ2n) is 13.7. The topological polar surface area (TPSA) is 114 Å². The van der Waals surface area contributed by atoms with Gasteiger partial charge in [-0.25, -0.2) is 18.4 Å². The fourth-order valence-corrected chi connectivity index (χ4v) is 10.3. The molecule has 0 bridgehead atoms. The lowest BCUT2D eigenvalue weighted by molar-refractivity contribution is -0.230. The van der Waals surface area contributed by atoms with Crippen LogP contribution in [0.3, 0.4) is 0 Å². The number of hydrogen-bond donors (Lipinski definition) is 1. The number of benzene rings is 2. The first kappa shape index (κ1) is 34.4. The number of thioether (sulfide) groups is 1. The highest BCUT2D eigenvalue weighted by Crippen LogP contribution is 2.71. The van der Waals surface area contributed by atoms with Gasteiger partial charge >= 0.3 is 11.9 Å². The van der Waals surface area contributed by atoms with Crippen molar-refractivity contribution in [3.05, 3.63) is 77.9 Å². The highest BCUT2D eigenvalue weighted by atomic mass is 32.2. The predicted molar refractivity (Wildman–Crippen MR) is 177 cm³/mol. The molecule has 2 aromatic carbocycles. The van der Waals surface area contributed by atoms with Gasteiger partial charge in [0.1, 0.15) is 12.2 Å². The Morgan fingerprint density at radius 1 is 1.04 bits per heavy atom. The summed E-state index contributed by atoms with van der Waals surface area (Å²) < 4.78 is 45.2. The zero-order valence-corrected chi connectivity index (χ0v) is 28.7. The van der Waals surface area contributed by atoms with E-state index in [1.807, 2.05) is 30.5 Å². The van der Waals surface area contributed by atoms with Gasteiger partial charge < -0.3 is 14.6 Å². The number of allylic oxidation sites excluding steroid dienone is 4. The van der Waals surface area contributed by atoms with Gasteiger partial charge in [0.15, 0.2) is 18.1 Å². The van der Waals surface area contributed by atoms with Crippen LogP contribution < -0.4 is 0 Å². The molecule has 0 saturated heterocycles. The summed E-state index contributed by atoms with van der Waals surface area (Å²) in [6.07, 6.45) is 1.85. The van der Waals surface area contributed by atoms with Crippen LogP contribution in [0.2, 0.25) is 0 Å². The van der Waals surface area contributed by atoms with E-state index in [0.717, 1.165) is 20.8 Å². The number of aliphatic hydroxyl groups is 1. The lowest BCUT2D eigenvalue weighted by Crippen LogP contribution is -2.71. The number of ketones is 1. The van der Waals surface area contributed by atoms with Gasteiger partial charge in [-0.15, -0.1) is 11.8 Å². The van der Waals surface area contributed by atoms with Gasteiger partial charge in [-0.2, -0.15) is 5.26 Å². The predicted octanol–water partition coefficient (Wildman–Crippen LogP) is 7.09. The zero-order valence-electron chi connectivity index (χ0n) is 27.1. The minimum atomic E-state index is -2.37. The number of ether oxygens (including phenoxy) is 2. The number of carbonyl (C=O) groups excluding carboxylic acids is 3. The van der Waals surface area contributed by atoms with Gasteiger partial charge in [0, 0.05) is 37.4 Å². The van der Waals surface area contributed by atoms with Crippen LogP contribution in [-0.4, -0.2) is 59.2 Å². The van der Waals surface area contributed by atoms with Gasteiger partial charge in [0.2, 0.25) is 5.60 Å². The van der Waals surface area contributed by atoms with Crippen molar-refractivity contribution >= 4 is 41.2 Å². The third-order valence-corrected chi connectivity index (χ3v) is 13.1. The number of esters is 2. The average Bonchev–Trinajstić information content (AvgIpc) is 3.28. The normalized spacial score (nSPS) is 36.6. The van der Waals surface area contributed by atoms with Gasteiger partial charge in [-0.1, -0.05) is 31.7 Å². The van der Waals surface area contributed by atoms with Crippen LogP contribution in [0.1, 0.15) is 50.4 Å². The Morgan fingerprint density at radius 2 is 1.67 bits per heavy atom. The number of rotatable bonds is 7. The second kappa shape index (κ2) is 12.5. The molecule has 4 aliphatic rings. The summed E-state index contributed by atoms with van der Waals surface area (Å²) in [4.78, 5) is 43.1. The van der Waals surface area contributed by atoms with Gasteiger partial charge in [-0.05, 0) is 105 Å². The van der Waals surface area contributed by atoms with Crippen LogP contribution in [0.4, 0.5) is 8.78 Å². The van der Waals surface area contributed by atoms with E-state index in [-0.39, 0.29) is 30.4 Å². The molecule has 1 unspecified atom stereocenters. The lowest BCUT2D eigenvalue weighted by Gasteiger charge is -2.63. The van der Waals surface area contributed by atoms with Crippen LogP contribution >= 0.6 is 23.5 Å². The molecule has 0 amide bonds. The van der Waals surface area contributed by atoms with E-state index in [2.05, 4.69) is 0 Å². The minimum absolute atomic E-state index is 0.00726. The molecule has 0 radical (unpaired) electrons. The Kier molecular flexibility index (Phi) is 8.93. The standard InChI is InChI=1S/C37H37F2NO6S2/c1-21-17-27-28-19-30(38)29-18-23(41)13-14-34(29,2)36(28,39)31(42)20-35(27,3)37(21,33(44)45-16-15-40)46-32(43)22-5-7-25(8-6-22)48-26-11-9-24(47-4)10-12-26/h5-14,18,21,27-28,30-31,42H,16-17,19-20H2,1-4H3/t21-,27+,28+,30+,31+,34+,35+,36?,37-/m1/s1. The summed E-state index contributed by atoms with van der Waals surface area (Å²) in [6, 6.07) is 16.6. The summed E-state index contributed by atoms with van der Waals surface area (Å²) in [5.74, 6) is -4.77. The molecule has 0 aromatic heterocycles. The molecule has 48 heavy (non-hydrogen) atoms. The van der Waals surface area contributed by atoms with E-state index < -0.39 is 76.5 Å². The number of carbonyl (C=O) groups is 3. The molecule has 11 heteroatoms. The Labute approximate surface area is 287 Å². The molecule has 3 fully saturated rings. The number of aliphatic hydroxyl groups excluding tert-OH is 1. The van der Waals surface area contributed by atoms with Crippen LogP contribution in [0.25, 0.3) is 0 Å². The maximum Gasteiger partial charge on any atom is 0.352 e. The molecule has 7 nitrogen and oxygen atoms in total. The van der Waals surface area contributed by atoms with Crippen molar-refractivity contribution < 1.29 is 37.7 Å². The molecule has 0 heterocycles. The number of halogens is 2. The highest BCUT2D eigenvalue weighted by Gasteiger charge is 2.78. The highest BCUT2D eigenvalue weighted by molar-refractivity contribution is 7.99. The molecule has 6 rings (SSSR count). The van der Waals surface area contributed by atoms with E-state index in [4.69, 9.17) is 9.47 Å². The Hall–Kier alpha value is -3.46. The van der Waals surface area contributed by atoms with E-state index in [0.29, 0.717) is 0 Å². The summed E-state index contributed by atoms with van der Waals surface area (Å²) in [6.45, 7) is 4.25. The van der Waals surface area contributed by atoms with Crippen molar-refractivity contribution in [1.82, 2.24) is 0 Å². The first-order valence-corrected chi connectivity index (χ1v) is 17.9. The van der Waals surface area contributed by atoms with Crippen molar-refractivity contribution in [2.45, 2.75) is 78.3 Å².